The summed E-state index contributed by atoms with van der Waals surface area (Å²) in [5.74, 6) is 1.38. The van der Waals surface area contributed by atoms with E-state index in [1.54, 1.807) is 5.56 Å². The number of hydrogen-bond acceptors (Lipinski definition) is 2. The lowest BCUT2D eigenvalue weighted by Crippen LogP contribution is -2.55. The smallest absolute Gasteiger partial charge is 0.226 e. The zero-order chi connectivity index (χ0) is 25.3. The fourth-order valence-corrected chi connectivity index (χ4v) is 7.32. The minimum atomic E-state index is -0.243. The molecule has 0 heterocycles. The Morgan fingerprint density at radius 1 is 1.03 bits per heavy atom. The van der Waals surface area contributed by atoms with Crippen molar-refractivity contribution in [2.45, 2.75) is 129 Å². The average molecular weight is 483 g/mol. The number of hydrogen-bond donors (Lipinski definition) is 2. The molecule has 3 rings (SSSR count). The third-order valence-electron chi connectivity index (χ3n) is 9.59. The van der Waals surface area contributed by atoms with Gasteiger partial charge in [-0.25, -0.2) is 0 Å². The zero-order valence-corrected chi connectivity index (χ0v) is 23.6. The zero-order valence-electron chi connectivity index (χ0n) is 23.6. The van der Waals surface area contributed by atoms with Gasteiger partial charge < -0.3 is 10.6 Å². The summed E-state index contributed by atoms with van der Waals surface area (Å²) in [5.41, 5.74) is 4.49. The molecule has 0 aromatic heterocycles. The summed E-state index contributed by atoms with van der Waals surface area (Å²) in [6.07, 6.45) is 17.1. The molecule has 3 heteroatoms. The highest BCUT2D eigenvalue weighted by Crippen LogP contribution is 2.57. The van der Waals surface area contributed by atoms with Gasteiger partial charge in [0.25, 0.3) is 0 Å². The van der Waals surface area contributed by atoms with Gasteiger partial charge in [-0.3, -0.25) is 4.79 Å². The van der Waals surface area contributed by atoms with Crippen LogP contribution in [0.4, 0.5) is 0 Å². The summed E-state index contributed by atoms with van der Waals surface area (Å²) in [6.45, 7) is 11.4. The summed E-state index contributed by atoms with van der Waals surface area (Å²) in [7, 11) is 2.04. The van der Waals surface area contributed by atoms with E-state index in [9.17, 15) is 4.79 Å². The van der Waals surface area contributed by atoms with E-state index in [1.165, 1.54) is 68.9 Å². The summed E-state index contributed by atoms with van der Waals surface area (Å²) >= 11 is 0. The van der Waals surface area contributed by atoms with Crippen molar-refractivity contribution in [3.63, 3.8) is 0 Å². The highest BCUT2D eigenvalue weighted by Gasteiger charge is 2.54. The van der Waals surface area contributed by atoms with Crippen molar-refractivity contribution in [2.75, 3.05) is 20.1 Å². The highest BCUT2D eigenvalue weighted by molar-refractivity contribution is 5.83. The molecule has 4 atom stereocenters. The maximum atomic E-state index is 13.5. The van der Waals surface area contributed by atoms with Crippen LogP contribution in [-0.2, 0) is 16.6 Å². The van der Waals surface area contributed by atoms with Crippen molar-refractivity contribution in [3.8, 4) is 0 Å². The summed E-state index contributed by atoms with van der Waals surface area (Å²) < 4.78 is 0. The molecule has 2 unspecified atom stereocenters. The number of aryl methyl sites for hydroxylation is 1. The van der Waals surface area contributed by atoms with Crippen LogP contribution in [0.25, 0.3) is 0 Å². The molecule has 1 aromatic carbocycles. The number of rotatable bonds is 14. The van der Waals surface area contributed by atoms with E-state index in [0.29, 0.717) is 17.7 Å². The number of carbonyl (C=O) groups is 1. The van der Waals surface area contributed by atoms with Gasteiger partial charge in [0, 0.05) is 6.54 Å². The van der Waals surface area contributed by atoms with Crippen LogP contribution in [0.1, 0.15) is 134 Å². The van der Waals surface area contributed by atoms with Crippen molar-refractivity contribution in [3.05, 3.63) is 34.9 Å². The Kier molecular flexibility index (Phi) is 10.7. The molecule has 2 aliphatic rings. The Hall–Kier alpha value is -1.35. The highest BCUT2D eigenvalue weighted by atomic mass is 16.2. The fraction of sp³-hybridized carbons (Fsp3) is 0.781. The molecular weight excluding hydrogens is 428 g/mol. The standard InChI is InChI=1S/C32H54N2O/c1-6-7-8-9-13-23-34-30(35)32(4)21-14-20-31(3)28-18-16-26(24-27(28)17-19-29(31)32)25(2)15-11-10-12-22-33-5/h16,18,24-25,29,33H,6-15,17,19-23H2,1-5H3,(H,34,35)/t25?,29?,31-,32-/m0/s1. The monoisotopic (exact) mass is 482 g/mol. The molecule has 35 heavy (non-hydrogen) atoms. The molecule has 0 saturated heterocycles. The van der Waals surface area contributed by atoms with Gasteiger partial charge in [-0.15, -0.1) is 0 Å². The number of benzene rings is 1. The summed E-state index contributed by atoms with van der Waals surface area (Å²) in [6, 6.07) is 7.39. The number of carbonyl (C=O) groups excluding carboxylic acids is 1. The normalized spacial score (nSPS) is 26.6. The van der Waals surface area contributed by atoms with Crippen molar-refractivity contribution in [1.29, 1.82) is 0 Å². The van der Waals surface area contributed by atoms with Crippen LogP contribution in [0.2, 0.25) is 0 Å². The van der Waals surface area contributed by atoms with Gasteiger partial charge >= 0.3 is 0 Å². The van der Waals surface area contributed by atoms with Crippen LogP contribution in [0.5, 0.6) is 0 Å². The van der Waals surface area contributed by atoms with E-state index in [0.717, 1.165) is 45.2 Å². The Morgan fingerprint density at radius 2 is 1.77 bits per heavy atom. The second-order valence-corrected chi connectivity index (χ2v) is 12.2. The van der Waals surface area contributed by atoms with Crippen LogP contribution in [-0.4, -0.2) is 26.0 Å². The van der Waals surface area contributed by atoms with Gasteiger partial charge in [0.1, 0.15) is 0 Å². The Balaban J connectivity index is 1.65. The molecule has 2 N–H and O–H groups in total. The lowest BCUT2D eigenvalue weighted by atomic mass is 9.49. The molecule has 0 aliphatic heterocycles. The van der Waals surface area contributed by atoms with E-state index in [2.05, 4.69) is 56.5 Å². The van der Waals surface area contributed by atoms with Crippen molar-refractivity contribution < 1.29 is 4.79 Å². The van der Waals surface area contributed by atoms with Gasteiger partial charge in [-0.1, -0.05) is 90.8 Å². The molecule has 198 valence electrons. The maximum absolute atomic E-state index is 13.5. The number of nitrogens with one attached hydrogen (secondary N) is 2. The van der Waals surface area contributed by atoms with E-state index >= 15 is 0 Å². The third kappa shape index (κ3) is 6.70. The number of amides is 1. The van der Waals surface area contributed by atoms with E-state index in [1.807, 2.05) is 7.05 Å². The molecule has 1 aromatic rings. The predicted molar refractivity (Wildman–Crippen MR) is 150 cm³/mol. The third-order valence-corrected chi connectivity index (χ3v) is 9.59. The Labute approximate surface area is 216 Å². The van der Waals surface area contributed by atoms with Gasteiger partial charge in [0.05, 0.1) is 5.41 Å². The van der Waals surface area contributed by atoms with Crippen molar-refractivity contribution >= 4 is 5.91 Å². The summed E-state index contributed by atoms with van der Waals surface area (Å²) in [5, 5.41) is 6.61. The van der Waals surface area contributed by atoms with E-state index in [4.69, 9.17) is 0 Å². The van der Waals surface area contributed by atoms with Crippen molar-refractivity contribution in [2.24, 2.45) is 11.3 Å². The molecule has 1 saturated carbocycles. The van der Waals surface area contributed by atoms with Gasteiger partial charge in [-0.05, 0) is 92.5 Å². The van der Waals surface area contributed by atoms with Crippen LogP contribution >= 0.6 is 0 Å². The molecule has 1 fully saturated rings. The largest absolute Gasteiger partial charge is 0.356 e. The molecule has 0 spiro atoms. The lowest BCUT2D eigenvalue weighted by Gasteiger charge is -2.54. The fourth-order valence-electron chi connectivity index (χ4n) is 7.32. The summed E-state index contributed by atoms with van der Waals surface area (Å²) in [4.78, 5) is 13.5. The Bertz CT molecular complexity index is 805. The van der Waals surface area contributed by atoms with E-state index in [-0.39, 0.29) is 10.8 Å². The molecule has 0 radical (unpaired) electrons. The molecule has 1 amide bonds. The minimum absolute atomic E-state index is 0.119. The Morgan fingerprint density at radius 3 is 2.54 bits per heavy atom. The van der Waals surface area contributed by atoms with Crippen LogP contribution in [0, 0.1) is 11.3 Å². The van der Waals surface area contributed by atoms with E-state index < -0.39 is 0 Å². The first-order chi connectivity index (χ1) is 16.9. The predicted octanol–water partition coefficient (Wildman–Crippen LogP) is 7.67. The van der Waals surface area contributed by atoms with Crippen LogP contribution in [0.15, 0.2) is 18.2 Å². The quantitative estimate of drug-likeness (QED) is 0.267. The molecule has 0 bridgehead atoms. The molecular formula is C32H54N2O. The van der Waals surface area contributed by atoms with Crippen LogP contribution < -0.4 is 10.6 Å². The molecule has 3 nitrogen and oxygen atoms in total. The van der Waals surface area contributed by atoms with Gasteiger partial charge in [0.15, 0.2) is 0 Å². The lowest BCUT2D eigenvalue weighted by molar-refractivity contribution is -0.139. The first-order valence-electron chi connectivity index (χ1n) is 14.9. The van der Waals surface area contributed by atoms with Crippen LogP contribution in [0.3, 0.4) is 0 Å². The number of unbranched alkanes of at least 4 members (excludes halogenated alkanes) is 6. The average Bonchev–Trinajstić information content (AvgIpc) is 2.85. The van der Waals surface area contributed by atoms with Crippen molar-refractivity contribution in [1.82, 2.24) is 10.6 Å². The maximum Gasteiger partial charge on any atom is 0.226 e. The van der Waals surface area contributed by atoms with Gasteiger partial charge in [-0.2, -0.15) is 0 Å². The number of fused-ring (bicyclic) bond motifs is 3. The topological polar surface area (TPSA) is 41.1 Å². The van der Waals surface area contributed by atoms with Gasteiger partial charge in [0.2, 0.25) is 5.91 Å². The first kappa shape index (κ1) is 28.2. The molecule has 2 aliphatic carbocycles. The minimum Gasteiger partial charge on any atom is -0.356 e. The second kappa shape index (κ2) is 13.3. The first-order valence-corrected chi connectivity index (χ1v) is 14.9. The SMILES string of the molecule is CCCCCCCNC(=O)[C@@]1(C)CCC[C@@]2(C)c3ccc(C(C)CCCCCNC)cc3CCC21. The second-order valence-electron chi connectivity index (χ2n) is 12.2.